The number of aliphatic hydroxyl groups is 1. The van der Waals surface area contributed by atoms with Crippen LogP contribution in [0, 0.1) is 18.6 Å². The summed E-state index contributed by atoms with van der Waals surface area (Å²) in [6.45, 7) is 1.93. The Labute approximate surface area is 136 Å². The molecule has 2 aromatic rings. The molecule has 23 heavy (non-hydrogen) atoms. The van der Waals surface area contributed by atoms with Crippen LogP contribution in [-0.2, 0) is 0 Å². The van der Waals surface area contributed by atoms with Gasteiger partial charge in [0.05, 0.1) is 12.3 Å². The Morgan fingerprint density at radius 3 is 2.74 bits per heavy atom. The summed E-state index contributed by atoms with van der Waals surface area (Å²) in [4.78, 5) is 19.1. The van der Waals surface area contributed by atoms with Gasteiger partial charge < -0.3 is 10.0 Å². The molecular weight excluding hydrogens is 322 g/mol. The van der Waals surface area contributed by atoms with Crippen molar-refractivity contribution in [1.82, 2.24) is 9.88 Å². The highest BCUT2D eigenvalue weighted by Crippen LogP contribution is 2.33. The zero-order valence-electron chi connectivity index (χ0n) is 12.6. The van der Waals surface area contributed by atoms with Gasteiger partial charge in [-0.2, -0.15) is 0 Å². The minimum Gasteiger partial charge on any atom is -0.395 e. The minimum absolute atomic E-state index is 0.0872. The monoisotopic (exact) mass is 338 g/mol. The fourth-order valence-corrected chi connectivity index (χ4v) is 3.44. The van der Waals surface area contributed by atoms with Crippen LogP contribution in [0.15, 0.2) is 18.2 Å². The number of halogens is 2. The van der Waals surface area contributed by atoms with E-state index >= 15 is 0 Å². The predicted molar refractivity (Wildman–Crippen MR) is 83.3 cm³/mol. The number of benzene rings is 1. The van der Waals surface area contributed by atoms with Crippen LogP contribution in [0.3, 0.4) is 0 Å². The molecule has 0 aliphatic heterocycles. The molecule has 0 saturated heterocycles. The Hall–Kier alpha value is -1.86. The maximum Gasteiger partial charge on any atom is 0.266 e. The van der Waals surface area contributed by atoms with Gasteiger partial charge in [0.25, 0.3) is 5.91 Å². The molecule has 1 aliphatic carbocycles. The summed E-state index contributed by atoms with van der Waals surface area (Å²) in [6.07, 6.45) is 1.89. The molecule has 7 heteroatoms. The predicted octanol–water partition coefficient (Wildman–Crippen LogP) is 2.99. The lowest BCUT2D eigenvalue weighted by Crippen LogP contribution is -2.35. The van der Waals surface area contributed by atoms with E-state index in [0.29, 0.717) is 27.7 Å². The summed E-state index contributed by atoms with van der Waals surface area (Å²) in [5.41, 5.74) is 1.000. The lowest BCUT2D eigenvalue weighted by molar-refractivity contribution is 0.0711. The van der Waals surface area contributed by atoms with Crippen LogP contribution in [0.4, 0.5) is 8.78 Å². The van der Waals surface area contributed by atoms with Gasteiger partial charge in [-0.25, -0.2) is 13.8 Å². The van der Waals surface area contributed by atoms with Gasteiger partial charge in [0.15, 0.2) is 11.6 Å². The van der Waals surface area contributed by atoms with Gasteiger partial charge in [0.2, 0.25) is 0 Å². The Balaban J connectivity index is 1.90. The number of nitrogens with zero attached hydrogens (tertiary/aromatic N) is 2. The van der Waals surface area contributed by atoms with Crippen molar-refractivity contribution in [3.63, 3.8) is 0 Å². The van der Waals surface area contributed by atoms with Crippen LogP contribution >= 0.6 is 11.3 Å². The molecule has 0 atom stereocenters. The molecule has 1 aromatic carbocycles. The van der Waals surface area contributed by atoms with Gasteiger partial charge in [-0.05, 0) is 38.0 Å². The molecule has 1 saturated carbocycles. The second-order valence-electron chi connectivity index (χ2n) is 5.52. The lowest BCUT2D eigenvalue weighted by Gasteiger charge is -2.20. The highest BCUT2D eigenvalue weighted by Gasteiger charge is 2.34. The number of amides is 1. The topological polar surface area (TPSA) is 53.4 Å². The summed E-state index contributed by atoms with van der Waals surface area (Å²) in [5.74, 6) is -2.02. The van der Waals surface area contributed by atoms with Gasteiger partial charge in [-0.1, -0.05) is 0 Å². The van der Waals surface area contributed by atoms with Gasteiger partial charge in [0, 0.05) is 18.2 Å². The van der Waals surface area contributed by atoms with E-state index in [-0.39, 0.29) is 18.6 Å². The fraction of sp³-hybridized carbons (Fsp3) is 0.375. The van der Waals surface area contributed by atoms with E-state index < -0.39 is 11.6 Å². The van der Waals surface area contributed by atoms with E-state index in [1.54, 1.807) is 11.8 Å². The third-order valence-electron chi connectivity index (χ3n) is 3.75. The van der Waals surface area contributed by atoms with Crippen LogP contribution in [0.2, 0.25) is 0 Å². The van der Waals surface area contributed by atoms with Crippen molar-refractivity contribution in [3.05, 3.63) is 40.4 Å². The molecule has 1 aromatic heterocycles. The number of thiazole rings is 1. The molecule has 4 nitrogen and oxygen atoms in total. The van der Waals surface area contributed by atoms with Gasteiger partial charge in [0.1, 0.15) is 9.88 Å². The van der Waals surface area contributed by atoms with Crippen LogP contribution in [0.1, 0.15) is 28.2 Å². The first-order chi connectivity index (χ1) is 11.0. The van der Waals surface area contributed by atoms with Crippen molar-refractivity contribution in [2.45, 2.75) is 25.8 Å². The van der Waals surface area contributed by atoms with Crippen LogP contribution in [0.25, 0.3) is 10.6 Å². The number of hydrogen-bond acceptors (Lipinski definition) is 4. The molecule has 3 rings (SSSR count). The van der Waals surface area contributed by atoms with E-state index in [4.69, 9.17) is 5.11 Å². The van der Waals surface area contributed by atoms with Crippen molar-refractivity contribution in [2.75, 3.05) is 13.2 Å². The minimum atomic E-state index is -0.942. The number of rotatable bonds is 5. The average Bonchev–Trinajstić information content (AvgIpc) is 3.29. The van der Waals surface area contributed by atoms with Crippen molar-refractivity contribution in [1.29, 1.82) is 0 Å². The lowest BCUT2D eigenvalue weighted by atomic mass is 10.2. The first-order valence-electron chi connectivity index (χ1n) is 7.36. The van der Waals surface area contributed by atoms with E-state index in [2.05, 4.69) is 4.98 Å². The Bertz CT molecular complexity index is 744. The highest BCUT2D eigenvalue weighted by atomic mass is 32.1. The third kappa shape index (κ3) is 3.25. The number of aryl methyl sites for hydroxylation is 1. The molecular formula is C16H16F2N2O2S. The number of carbonyl (C=O) groups is 1. The number of aliphatic hydroxyl groups excluding tert-OH is 1. The quantitative estimate of drug-likeness (QED) is 0.912. The average molecular weight is 338 g/mol. The first kappa shape index (κ1) is 16.0. The number of aromatic nitrogens is 1. The van der Waals surface area contributed by atoms with Gasteiger partial charge >= 0.3 is 0 Å². The molecule has 1 amide bonds. The summed E-state index contributed by atoms with van der Waals surface area (Å²) in [5, 5.41) is 9.61. The molecule has 0 spiro atoms. The maximum absolute atomic E-state index is 13.4. The van der Waals surface area contributed by atoms with E-state index in [1.165, 1.54) is 6.07 Å². The fourth-order valence-electron chi connectivity index (χ4n) is 2.42. The van der Waals surface area contributed by atoms with Crippen molar-refractivity contribution in [2.24, 2.45) is 0 Å². The largest absolute Gasteiger partial charge is 0.395 e. The summed E-state index contributed by atoms with van der Waals surface area (Å²) >= 11 is 1.16. The van der Waals surface area contributed by atoms with Crippen molar-refractivity contribution in [3.8, 4) is 10.6 Å². The molecule has 1 N–H and O–H groups in total. The van der Waals surface area contributed by atoms with Crippen molar-refractivity contribution >= 4 is 17.2 Å². The Morgan fingerprint density at radius 2 is 2.13 bits per heavy atom. The summed E-state index contributed by atoms with van der Waals surface area (Å²) < 4.78 is 26.4. The molecule has 1 heterocycles. The Morgan fingerprint density at radius 1 is 1.39 bits per heavy atom. The number of carbonyl (C=O) groups excluding carboxylic acids is 1. The second-order valence-corrected chi connectivity index (χ2v) is 6.51. The molecule has 0 unspecified atom stereocenters. The van der Waals surface area contributed by atoms with Crippen molar-refractivity contribution < 1.29 is 18.7 Å². The zero-order chi connectivity index (χ0) is 16.6. The highest BCUT2D eigenvalue weighted by molar-refractivity contribution is 7.17. The zero-order valence-corrected chi connectivity index (χ0v) is 13.4. The summed E-state index contributed by atoms with van der Waals surface area (Å²) in [7, 11) is 0. The van der Waals surface area contributed by atoms with E-state index in [9.17, 15) is 13.6 Å². The van der Waals surface area contributed by atoms with Crippen LogP contribution < -0.4 is 0 Å². The standard InChI is InChI=1S/C16H16F2N2O2S/c1-9-14(16(22)20(6-7-21)11-3-4-11)23-15(19-9)10-2-5-12(17)13(18)8-10/h2,5,8,11,21H,3-4,6-7H2,1H3. The normalized spacial score (nSPS) is 14.1. The smallest absolute Gasteiger partial charge is 0.266 e. The maximum atomic E-state index is 13.4. The van der Waals surface area contributed by atoms with E-state index in [1.807, 2.05) is 0 Å². The first-order valence-corrected chi connectivity index (χ1v) is 8.17. The molecule has 1 fully saturated rings. The van der Waals surface area contributed by atoms with Gasteiger partial charge in [-0.3, -0.25) is 4.79 Å². The summed E-state index contributed by atoms with van der Waals surface area (Å²) in [6, 6.07) is 3.75. The number of hydrogen-bond donors (Lipinski definition) is 1. The molecule has 0 bridgehead atoms. The Kier molecular flexibility index (Phi) is 4.41. The second kappa shape index (κ2) is 6.33. The van der Waals surface area contributed by atoms with Crippen LogP contribution in [-0.4, -0.2) is 40.1 Å². The SMILES string of the molecule is Cc1nc(-c2ccc(F)c(F)c2)sc1C(=O)N(CCO)C1CC1. The van der Waals surface area contributed by atoms with Crippen LogP contribution in [0.5, 0.6) is 0 Å². The van der Waals surface area contributed by atoms with E-state index in [0.717, 1.165) is 36.3 Å². The molecule has 1 aliphatic rings. The molecule has 122 valence electrons. The van der Waals surface area contributed by atoms with Gasteiger partial charge in [-0.15, -0.1) is 11.3 Å². The third-order valence-corrected chi connectivity index (χ3v) is 4.94. The molecule has 0 radical (unpaired) electrons.